The minimum absolute atomic E-state index is 0.676. The number of carbonyl (C=O) groups excluding carboxylic acids is 1. The Morgan fingerprint density at radius 1 is 1.56 bits per heavy atom. The van der Waals surface area contributed by atoms with Crippen LogP contribution in [-0.4, -0.2) is 12.1 Å². The minimum Gasteiger partial charge on any atom is -0.452 e. The fourth-order valence-electron chi connectivity index (χ4n) is 0.174. The molecule has 2 nitrogen and oxygen atoms in total. The zero-order valence-corrected chi connectivity index (χ0v) is 4.53. The van der Waals surface area contributed by atoms with Gasteiger partial charge < -0.3 is 4.74 Å². The Hall–Kier alpha value is -0.740. The van der Waals surface area contributed by atoms with Crippen LogP contribution < -0.4 is 0 Å². The highest BCUT2D eigenvalue weighted by Crippen LogP contribution is 2.16. The van der Waals surface area contributed by atoms with Crippen LogP contribution in [0.3, 0.4) is 0 Å². The number of hydrogen-bond acceptors (Lipinski definition) is 2. The molecule has 0 fully saturated rings. The number of halogens is 3. The number of rotatable bonds is 1. The van der Waals surface area contributed by atoms with Crippen molar-refractivity contribution >= 4 is 5.97 Å². The monoisotopic (exact) mass is 141 g/mol. The van der Waals surface area contributed by atoms with E-state index >= 15 is 0 Å². The molecule has 0 heterocycles. The molecule has 9 heavy (non-hydrogen) atoms. The quantitative estimate of drug-likeness (QED) is 0.514. The van der Waals surface area contributed by atoms with E-state index in [-0.39, 0.29) is 0 Å². The molecule has 0 unspecified atom stereocenters. The van der Waals surface area contributed by atoms with E-state index in [0.29, 0.717) is 6.61 Å². The van der Waals surface area contributed by atoms with E-state index in [1.54, 1.807) is 0 Å². The average Bonchev–Trinajstić information content (AvgIpc) is 1.64. The molecule has 0 aromatic carbocycles. The van der Waals surface area contributed by atoms with Crippen molar-refractivity contribution in [3.05, 3.63) is 6.61 Å². The van der Waals surface area contributed by atoms with Crippen LogP contribution in [0.5, 0.6) is 0 Å². The predicted molar refractivity (Wildman–Crippen MR) is 22.1 cm³/mol. The predicted octanol–water partition coefficient (Wildman–Crippen LogP) is 1.27. The summed E-state index contributed by atoms with van der Waals surface area (Å²) in [6, 6.07) is 0. The van der Waals surface area contributed by atoms with E-state index in [4.69, 9.17) is 0 Å². The smallest absolute Gasteiger partial charge is 0.452 e. The van der Waals surface area contributed by atoms with Crippen LogP contribution in [-0.2, 0) is 9.53 Å². The summed E-state index contributed by atoms with van der Waals surface area (Å²) >= 11 is 0. The lowest BCUT2D eigenvalue weighted by Gasteiger charge is -2.02. The summed E-state index contributed by atoms with van der Waals surface area (Å²) in [7, 11) is 0. The Kier molecular flexibility index (Phi) is 2.48. The Balaban J connectivity index is 3.74. The van der Waals surface area contributed by atoms with Gasteiger partial charge in [-0.1, -0.05) is 0 Å². The molecule has 0 N–H and O–H groups in total. The number of carbonyl (C=O) groups is 1. The normalized spacial score (nSPS) is 11.1. The molecule has 0 aliphatic carbocycles. The molecule has 5 heteroatoms. The molecule has 0 amide bonds. The maximum Gasteiger partial charge on any atom is 0.490 e. The van der Waals surface area contributed by atoms with Crippen molar-refractivity contribution in [2.45, 2.75) is 13.1 Å². The standard InChI is InChI=1S/C4H4F3O2/c1-2-9-3(8)4(5,6)7/h2H,1H3. The van der Waals surface area contributed by atoms with Crippen LogP contribution in [0.15, 0.2) is 0 Å². The van der Waals surface area contributed by atoms with Crippen LogP contribution in [0.4, 0.5) is 13.2 Å². The Bertz CT molecular complexity index is 107. The number of hydrogen-bond donors (Lipinski definition) is 0. The highest BCUT2D eigenvalue weighted by atomic mass is 19.4. The molecule has 53 valence electrons. The largest absolute Gasteiger partial charge is 0.490 e. The minimum atomic E-state index is -4.88. The van der Waals surface area contributed by atoms with E-state index in [1.807, 2.05) is 0 Å². The molecule has 0 saturated heterocycles. The Morgan fingerprint density at radius 3 is 2.11 bits per heavy atom. The first kappa shape index (κ1) is 8.26. The molecule has 0 aliphatic heterocycles. The van der Waals surface area contributed by atoms with Crippen molar-refractivity contribution in [3.63, 3.8) is 0 Å². The highest BCUT2D eigenvalue weighted by Gasteiger charge is 2.40. The molecular formula is C4H4F3O2. The summed E-state index contributed by atoms with van der Waals surface area (Å²) < 4.78 is 36.9. The van der Waals surface area contributed by atoms with Gasteiger partial charge in [-0.3, -0.25) is 0 Å². The van der Waals surface area contributed by atoms with Gasteiger partial charge in [-0.05, 0) is 6.92 Å². The molecule has 0 aromatic heterocycles. The Labute approximate surface area is 49.6 Å². The van der Waals surface area contributed by atoms with Crippen LogP contribution in [0.2, 0.25) is 0 Å². The van der Waals surface area contributed by atoms with Crippen LogP contribution in [0.25, 0.3) is 0 Å². The van der Waals surface area contributed by atoms with Gasteiger partial charge in [-0.25, -0.2) is 4.79 Å². The topological polar surface area (TPSA) is 26.3 Å². The van der Waals surface area contributed by atoms with E-state index in [2.05, 4.69) is 4.74 Å². The van der Waals surface area contributed by atoms with Gasteiger partial charge >= 0.3 is 12.1 Å². The van der Waals surface area contributed by atoms with Crippen LogP contribution in [0, 0.1) is 6.61 Å². The van der Waals surface area contributed by atoms with Gasteiger partial charge in [0, 0.05) is 0 Å². The third-order valence-corrected chi connectivity index (χ3v) is 0.456. The van der Waals surface area contributed by atoms with Gasteiger partial charge in [0.2, 0.25) is 0 Å². The molecular weight excluding hydrogens is 137 g/mol. The van der Waals surface area contributed by atoms with E-state index in [9.17, 15) is 18.0 Å². The Morgan fingerprint density at radius 2 is 2.00 bits per heavy atom. The van der Waals surface area contributed by atoms with Gasteiger partial charge in [0.1, 0.15) is 6.61 Å². The molecule has 0 aromatic rings. The highest BCUT2D eigenvalue weighted by molar-refractivity contribution is 5.75. The van der Waals surface area contributed by atoms with E-state index in [1.165, 1.54) is 6.92 Å². The zero-order chi connectivity index (χ0) is 7.49. The summed E-state index contributed by atoms with van der Waals surface area (Å²) in [6.07, 6.45) is -4.88. The third-order valence-electron chi connectivity index (χ3n) is 0.456. The fraction of sp³-hybridized carbons (Fsp3) is 0.500. The number of ether oxygens (including phenoxy) is 1. The van der Waals surface area contributed by atoms with Gasteiger partial charge in [-0.15, -0.1) is 0 Å². The van der Waals surface area contributed by atoms with Crippen molar-refractivity contribution in [1.29, 1.82) is 0 Å². The first-order valence-corrected chi connectivity index (χ1v) is 2.04. The average molecular weight is 141 g/mol. The molecule has 0 aliphatic rings. The SMILES string of the molecule is C[CH]OC(=O)C(F)(F)F. The second-order valence-electron chi connectivity index (χ2n) is 1.14. The summed E-state index contributed by atoms with van der Waals surface area (Å²) in [6.45, 7) is 1.86. The molecule has 0 atom stereocenters. The zero-order valence-electron chi connectivity index (χ0n) is 4.53. The third kappa shape index (κ3) is 2.94. The first-order valence-electron chi connectivity index (χ1n) is 2.04. The lowest BCUT2D eigenvalue weighted by Crippen LogP contribution is -2.24. The fourth-order valence-corrected chi connectivity index (χ4v) is 0.174. The lowest BCUT2D eigenvalue weighted by molar-refractivity contribution is -0.195. The summed E-state index contributed by atoms with van der Waals surface area (Å²) in [5, 5.41) is 0. The molecule has 0 spiro atoms. The van der Waals surface area contributed by atoms with Crippen molar-refractivity contribution in [2.75, 3.05) is 0 Å². The lowest BCUT2D eigenvalue weighted by atomic mass is 10.7. The summed E-state index contributed by atoms with van der Waals surface area (Å²) in [4.78, 5) is 9.69. The van der Waals surface area contributed by atoms with E-state index in [0.717, 1.165) is 0 Å². The molecule has 1 radical (unpaired) electrons. The van der Waals surface area contributed by atoms with Crippen LogP contribution >= 0.6 is 0 Å². The van der Waals surface area contributed by atoms with Gasteiger partial charge in [0.05, 0.1) is 0 Å². The van der Waals surface area contributed by atoms with Crippen molar-refractivity contribution < 1.29 is 22.7 Å². The summed E-state index contributed by atoms with van der Waals surface area (Å²) in [5.41, 5.74) is 0. The van der Waals surface area contributed by atoms with Gasteiger partial charge in [0.25, 0.3) is 0 Å². The van der Waals surface area contributed by atoms with Gasteiger partial charge in [-0.2, -0.15) is 13.2 Å². The van der Waals surface area contributed by atoms with Crippen molar-refractivity contribution in [2.24, 2.45) is 0 Å². The van der Waals surface area contributed by atoms with Crippen molar-refractivity contribution in [1.82, 2.24) is 0 Å². The summed E-state index contributed by atoms with van der Waals surface area (Å²) in [5.74, 6) is -2.19. The van der Waals surface area contributed by atoms with Crippen molar-refractivity contribution in [3.8, 4) is 0 Å². The molecule has 0 rings (SSSR count). The first-order chi connectivity index (χ1) is 3.98. The maximum atomic E-state index is 11.1. The number of esters is 1. The van der Waals surface area contributed by atoms with Gasteiger partial charge in [0.15, 0.2) is 0 Å². The van der Waals surface area contributed by atoms with E-state index < -0.39 is 12.1 Å². The second kappa shape index (κ2) is 2.70. The molecule has 0 saturated carbocycles. The maximum absolute atomic E-state index is 11.1. The number of alkyl halides is 3. The second-order valence-corrected chi connectivity index (χ2v) is 1.14. The molecule has 0 bridgehead atoms. The van der Waals surface area contributed by atoms with Crippen LogP contribution in [0.1, 0.15) is 6.92 Å².